The molecular weight excluding hydrogens is 240 g/mol. The number of rotatable bonds is 3. The molecule has 4 nitrogen and oxygen atoms in total. The van der Waals surface area contributed by atoms with E-state index >= 15 is 0 Å². The number of phenolic OH excluding ortho intramolecular Hbond substituents is 1. The number of phenols is 1. The largest absolute Gasteiger partial charge is 1.00 e. The van der Waals surface area contributed by atoms with E-state index in [1.165, 1.54) is 6.92 Å². The Balaban J connectivity index is 0.00000144. The molecule has 0 bridgehead atoms. The summed E-state index contributed by atoms with van der Waals surface area (Å²) >= 11 is 0. The summed E-state index contributed by atoms with van der Waals surface area (Å²) in [6, 6.07) is 5.08. The first-order chi connectivity index (χ1) is 7.66. The summed E-state index contributed by atoms with van der Waals surface area (Å²) in [4.78, 5) is 14.2. The molecule has 0 amide bonds. The summed E-state index contributed by atoms with van der Waals surface area (Å²) < 4.78 is 1.95. The van der Waals surface area contributed by atoms with Crippen molar-refractivity contribution in [3.8, 4) is 5.75 Å². The molecule has 0 spiro atoms. The third-order valence-corrected chi connectivity index (χ3v) is 2.41. The van der Waals surface area contributed by atoms with Crippen molar-refractivity contribution < 1.29 is 26.9 Å². The molecule has 0 aliphatic heterocycles. The lowest BCUT2D eigenvalue weighted by Crippen LogP contribution is -3.00. The Morgan fingerprint density at radius 2 is 2.24 bits per heavy atom. The van der Waals surface area contributed by atoms with E-state index in [0.29, 0.717) is 12.1 Å². The van der Waals surface area contributed by atoms with E-state index in [0.717, 1.165) is 5.56 Å². The van der Waals surface area contributed by atoms with Crippen molar-refractivity contribution >= 4 is 5.78 Å². The van der Waals surface area contributed by atoms with E-state index in [4.69, 9.17) is 0 Å². The minimum absolute atomic E-state index is 0. The van der Waals surface area contributed by atoms with Crippen LogP contribution in [0.1, 0.15) is 22.8 Å². The molecule has 1 heterocycles. The molecule has 1 aromatic heterocycles. The van der Waals surface area contributed by atoms with Crippen LogP contribution in [0.15, 0.2) is 36.9 Å². The summed E-state index contributed by atoms with van der Waals surface area (Å²) in [5.41, 5.74) is 1.35. The van der Waals surface area contributed by atoms with Crippen molar-refractivity contribution in [3.63, 3.8) is 0 Å². The van der Waals surface area contributed by atoms with Gasteiger partial charge in [0.2, 0.25) is 6.33 Å². The number of H-pyrrole nitrogens is 1. The fraction of sp³-hybridized carbons (Fsp3) is 0.167. The highest BCUT2D eigenvalue weighted by atomic mass is 35.5. The van der Waals surface area contributed by atoms with Crippen molar-refractivity contribution in [3.05, 3.63) is 48.0 Å². The Kier molecular flexibility index (Phi) is 4.29. The summed E-state index contributed by atoms with van der Waals surface area (Å²) in [6.45, 7) is 2.12. The van der Waals surface area contributed by atoms with Crippen molar-refractivity contribution in [2.45, 2.75) is 13.5 Å². The van der Waals surface area contributed by atoms with Gasteiger partial charge in [0, 0.05) is 0 Å². The van der Waals surface area contributed by atoms with Crippen LogP contribution in [0.5, 0.6) is 5.75 Å². The van der Waals surface area contributed by atoms with Gasteiger partial charge in [-0.25, -0.2) is 4.57 Å². The molecule has 0 saturated carbocycles. The maximum Gasteiger partial charge on any atom is 0.241 e. The molecule has 90 valence electrons. The van der Waals surface area contributed by atoms with Crippen LogP contribution in [0.3, 0.4) is 0 Å². The zero-order valence-electron chi connectivity index (χ0n) is 9.35. The van der Waals surface area contributed by atoms with Crippen LogP contribution in [0, 0.1) is 0 Å². The fourth-order valence-corrected chi connectivity index (χ4v) is 1.59. The van der Waals surface area contributed by atoms with E-state index < -0.39 is 0 Å². The van der Waals surface area contributed by atoms with Crippen molar-refractivity contribution in [2.75, 3.05) is 0 Å². The standard InChI is InChI=1S/C12H12N2O2.ClH/c1-9(15)11-6-10(2-3-12(11)16)7-14-5-4-13-8-14;/h2-6,8H,7H2,1H3,(H,15,16);1H. The molecule has 0 fully saturated rings. The van der Waals surface area contributed by atoms with Crippen LogP contribution in [0.25, 0.3) is 0 Å². The maximum atomic E-state index is 11.2. The highest BCUT2D eigenvalue weighted by Gasteiger charge is 2.08. The van der Waals surface area contributed by atoms with Crippen LogP contribution >= 0.6 is 0 Å². The predicted octanol–water partition coefficient (Wildman–Crippen LogP) is -1.74. The van der Waals surface area contributed by atoms with Crippen LogP contribution in [0.4, 0.5) is 0 Å². The molecule has 0 aliphatic rings. The van der Waals surface area contributed by atoms with Gasteiger partial charge in [0.05, 0.1) is 5.56 Å². The molecule has 2 rings (SSSR count). The molecule has 0 aliphatic carbocycles. The van der Waals surface area contributed by atoms with Gasteiger partial charge in [-0.3, -0.25) is 9.78 Å². The molecule has 2 N–H and O–H groups in total. The van der Waals surface area contributed by atoms with Gasteiger partial charge < -0.3 is 17.5 Å². The van der Waals surface area contributed by atoms with Crippen LogP contribution in [-0.2, 0) is 6.54 Å². The fourth-order valence-electron chi connectivity index (χ4n) is 1.59. The normalized spacial score (nSPS) is 9.71. The zero-order valence-corrected chi connectivity index (χ0v) is 10.1. The van der Waals surface area contributed by atoms with Gasteiger partial charge in [0.25, 0.3) is 0 Å². The first-order valence-electron chi connectivity index (χ1n) is 5.01. The summed E-state index contributed by atoms with van der Waals surface area (Å²) in [6.07, 6.45) is 5.56. The van der Waals surface area contributed by atoms with Crippen molar-refractivity contribution in [1.29, 1.82) is 0 Å². The molecule has 17 heavy (non-hydrogen) atoms. The number of carbonyl (C=O) groups is 1. The SMILES string of the molecule is CC(=O)c1cc(C[n+]2cc[nH]c2)ccc1O.[Cl-]. The number of nitrogens with zero attached hydrogens (tertiary/aromatic N) is 1. The van der Waals surface area contributed by atoms with Crippen LogP contribution in [-0.4, -0.2) is 15.9 Å². The van der Waals surface area contributed by atoms with Gasteiger partial charge in [-0.05, 0) is 24.6 Å². The number of hydrogen-bond donors (Lipinski definition) is 2. The molecule has 2 aromatic rings. The van der Waals surface area contributed by atoms with Crippen molar-refractivity contribution in [2.24, 2.45) is 0 Å². The van der Waals surface area contributed by atoms with Crippen LogP contribution < -0.4 is 17.0 Å². The number of aromatic amines is 1. The van der Waals surface area contributed by atoms with E-state index in [-0.39, 0.29) is 23.9 Å². The van der Waals surface area contributed by atoms with Crippen LogP contribution in [0.2, 0.25) is 0 Å². The first-order valence-corrected chi connectivity index (χ1v) is 5.01. The third kappa shape index (κ3) is 3.07. The van der Waals surface area contributed by atoms with E-state index in [9.17, 15) is 9.90 Å². The van der Waals surface area contributed by atoms with E-state index in [2.05, 4.69) is 4.98 Å². The second-order valence-electron chi connectivity index (χ2n) is 3.69. The molecule has 0 saturated heterocycles. The van der Waals surface area contributed by atoms with Gasteiger partial charge >= 0.3 is 0 Å². The van der Waals surface area contributed by atoms with Crippen molar-refractivity contribution in [1.82, 2.24) is 4.98 Å². The summed E-state index contributed by atoms with van der Waals surface area (Å²) in [5, 5.41) is 9.50. The molecule has 0 atom stereocenters. The lowest BCUT2D eigenvalue weighted by Gasteiger charge is -2.03. The smallest absolute Gasteiger partial charge is 0.241 e. The number of ketones is 1. The molecular formula is C12H13ClN2O2. The number of imidazole rings is 1. The Hall–Kier alpha value is -1.81. The monoisotopic (exact) mass is 252 g/mol. The molecule has 5 heteroatoms. The van der Waals surface area contributed by atoms with E-state index in [1.54, 1.807) is 12.1 Å². The number of benzene rings is 1. The number of hydrogen-bond acceptors (Lipinski definition) is 2. The number of halogens is 1. The summed E-state index contributed by atoms with van der Waals surface area (Å²) in [7, 11) is 0. The quantitative estimate of drug-likeness (QED) is 0.504. The van der Waals surface area contributed by atoms with Gasteiger partial charge in [0.15, 0.2) is 5.78 Å². The first kappa shape index (κ1) is 13.3. The number of nitrogens with one attached hydrogen (secondary N) is 1. The van der Waals surface area contributed by atoms with Gasteiger partial charge in [-0.2, -0.15) is 0 Å². The Morgan fingerprint density at radius 3 is 2.82 bits per heavy atom. The molecule has 0 radical (unpaired) electrons. The Bertz CT molecular complexity index is 509. The molecule has 0 unspecified atom stereocenters. The topological polar surface area (TPSA) is 57.0 Å². The second-order valence-corrected chi connectivity index (χ2v) is 3.69. The summed E-state index contributed by atoms with van der Waals surface area (Å²) in [5.74, 6) is -0.0891. The Morgan fingerprint density at radius 1 is 1.47 bits per heavy atom. The predicted molar refractivity (Wildman–Crippen MR) is 58.2 cm³/mol. The number of aromatic nitrogens is 2. The van der Waals surface area contributed by atoms with Gasteiger partial charge in [0.1, 0.15) is 24.7 Å². The number of carbonyl (C=O) groups excluding carboxylic acids is 1. The van der Waals surface area contributed by atoms with E-state index in [1.807, 2.05) is 29.4 Å². The van der Waals surface area contributed by atoms with Gasteiger partial charge in [-0.1, -0.05) is 6.07 Å². The van der Waals surface area contributed by atoms with Gasteiger partial charge in [-0.15, -0.1) is 0 Å². The maximum absolute atomic E-state index is 11.2. The minimum Gasteiger partial charge on any atom is -1.00 e. The number of aromatic hydroxyl groups is 1. The third-order valence-electron chi connectivity index (χ3n) is 2.41. The lowest BCUT2D eigenvalue weighted by molar-refractivity contribution is -0.687. The highest BCUT2D eigenvalue weighted by Crippen LogP contribution is 2.18. The minimum atomic E-state index is -0.126. The second kappa shape index (κ2) is 5.50. The lowest BCUT2D eigenvalue weighted by atomic mass is 10.1. The highest BCUT2D eigenvalue weighted by molar-refractivity contribution is 5.96. The number of Topliss-reactive ketones (excluding diaryl/α,β-unsaturated/α-hetero) is 1. The zero-order chi connectivity index (χ0) is 11.5. The molecule has 1 aromatic carbocycles. The average Bonchev–Trinajstić information content (AvgIpc) is 2.73. The Labute approximate surface area is 105 Å². The average molecular weight is 253 g/mol.